The Labute approximate surface area is 92.4 Å². The maximum absolute atomic E-state index is 13.6. The second kappa shape index (κ2) is 3.45. The summed E-state index contributed by atoms with van der Waals surface area (Å²) in [6.07, 6.45) is -0.0597. The summed E-state index contributed by atoms with van der Waals surface area (Å²) in [5, 5.41) is 6.00. The minimum Gasteiger partial charge on any atom is -0.348 e. The van der Waals surface area contributed by atoms with Crippen LogP contribution in [0.4, 0.5) is 10.1 Å². The zero-order valence-electron chi connectivity index (χ0n) is 8.66. The van der Waals surface area contributed by atoms with Crippen molar-refractivity contribution in [3.63, 3.8) is 0 Å². The molecule has 0 saturated carbocycles. The molecule has 1 saturated heterocycles. The van der Waals surface area contributed by atoms with Gasteiger partial charge >= 0.3 is 0 Å². The molecular weight excluding hydrogens is 209 g/mol. The molecular formula is C11H12FN3O. The first kappa shape index (κ1) is 9.59. The minimum atomic E-state index is -0.452. The second-order valence-electron chi connectivity index (χ2n) is 4.02. The molecule has 0 aromatic heterocycles. The van der Waals surface area contributed by atoms with Crippen molar-refractivity contribution in [2.24, 2.45) is 0 Å². The van der Waals surface area contributed by atoms with Gasteiger partial charge in [-0.05, 0) is 12.1 Å². The molecule has 16 heavy (non-hydrogen) atoms. The molecule has 1 amide bonds. The van der Waals surface area contributed by atoms with Crippen LogP contribution in [0.25, 0.3) is 0 Å². The highest BCUT2D eigenvalue weighted by Gasteiger charge is 2.33. The summed E-state index contributed by atoms with van der Waals surface area (Å²) < 4.78 is 13.6. The Kier molecular flexibility index (Phi) is 2.07. The standard InChI is InChI=1S/C11H12FN3O/c12-7-2-1-3-8-10(7)11(16)14-9-6-13-4-5-15(8)9/h1-3,9,13H,4-6H2,(H,14,16). The third kappa shape index (κ3) is 1.28. The predicted octanol–water partition coefficient (Wildman–Crippen LogP) is 0.305. The zero-order valence-corrected chi connectivity index (χ0v) is 8.66. The number of nitrogens with one attached hydrogen (secondary N) is 2. The zero-order chi connectivity index (χ0) is 11.1. The second-order valence-corrected chi connectivity index (χ2v) is 4.02. The van der Waals surface area contributed by atoms with Crippen LogP contribution in [0.3, 0.4) is 0 Å². The van der Waals surface area contributed by atoms with Crippen molar-refractivity contribution >= 4 is 11.6 Å². The number of carbonyl (C=O) groups is 1. The molecule has 2 aliphatic rings. The molecule has 0 radical (unpaired) electrons. The molecule has 4 nitrogen and oxygen atoms in total. The lowest BCUT2D eigenvalue weighted by Crippen LogP contribution is -2.62. The van der Waals surface area contributed by atoms with Crippen molar-refractivity contribution in [2.75, 3.05) is 24.5 Å². The van der Waals surface area contributed by atoms with Crippen molar-refractivity contribution in [1.29, 1.82) is 0 Å². The fourth-order valence-corrected chi connectivity index (χ4v) is 2.32. The molecule has 84 valence electrons. The van der Waals surface area contributed by atoms with Crippen LogP contribution >= 0.6 is 0 Å². The van der Waals surface area contributed by atoms with E-state index in [0.717, 1.165) is 13.1 Å². The van der Waals surface area contributed by atoms with Gasteiger partial charge in [-0.2, -0.15) is 0 Å². The van der Waals surface area contributed by atoms with Crippen LogP contribution in [0.5, 0.6) is 0 Å². The summed E-state index contributed by atoms with van der Waals surface area (Å²) in [5.41, 5.74) is 0.871. The molecule has 1 unspecified atom stereocenters. The Morgan fingerprint density at radius 3 is 3.19 bits per heavy atom. The number of hydrogen-bond acceptors (Lipinski definition) is 3. The van der Waals surface area contributed by atoms with E-state index in [-0.39, 0.29) is 17.6 Å². The smallest absolute Gasteiger partial charge is 0.258 e. The third-order valence-corrected chi connectivity index (χ3v) is 3.07. The van der Waals surface area contributed by atoms with Crippen molar-refractivity contribution in [2.45, 2.75) is 6.17 Å². The van der Waals surface area contributed by atoms with E-state index in [1.165, 1.54) is 6.07 Å². The number of halogens is 1. The van der Waals surface area contributed by atoms with Crippen LogP contribution in [0, 0.1) is 5.82 Å². The first-order valence-corrected chi connectivity index (χ1v) is 5.34. The van der Waals surface area contributed by atoms with E-state index in [2.05, 4.69) is 10.6 Å². The van der Waals surface area contributed by atoms with Crippen LogP contribution < -0.4 is 15.5 Å². The molecule has 0 aliphatic carbocycles. The molecule has 1 atom stereocenters. The molecule has 0 spiro atoms. The Hall–Kier alpha value is -1.62. The Morgan fingerprint density at radius 2 is 2.31 bits per heavy atom. The van der Waals surface area contributed by atoms with Gasteiger partial charge in [0.25, 0.3) is 5.91 Å². The normalized spacial score (nSPS) is 23.4. The lowest BCUT2D eigenvalue weighted by molar-refractivity contribution is 0.0918. The van der Waals surface area contributed by atoms with E-state index in [9.17, 15) is 9.18 Å². The highest BCUT2D eigenvalue weighted by Crippen LogP contribution is 2.28. The molecule has 1 aromatic carbocycles. The average Bonchev–Trinajstić information content (AvgIpc) is 2.29. The summed E-state index contributed by atoms with van der Waals surface area (Å²) in [4.78, 5) is 13.8. The van der Waals surface area contributed by atoms with Gasteiger partial charge in [-0.3, -0.25) is 4.79 Å². The van der Waals surface area contributed by atoms with Crippen LogP contribution in [0.2, 0.25) is 0 Å². The molecule has 0 bridgehead atoms. The summed E-state index contributed by atoms with van der Waals surface area (Å²) >= 11 is 0. The van der Waals surface area contributed by atoms with Crippen molar-refractivity contribution < 1.29 is 9.18 Å². The van der Waals surface area contributed by atoms with Gasteiger partial charge in [-0.15, -0.1) is 0 Å². The van der Waals surface area contributed by atoms with Gasteiger partial charge < -0.3 is 15.5 Å². The average molecular weight is 221 g/mol. The van der Waals surface area contributed by atoms with E-state index in [1.54, 1.807) is 12.1 Å². The van der Waals surface area contributed by atoms with E-state index >= 15 is 0 Å². The van der Waals surface area contributed by atoms with E-state index in [0.29, 0.717) is 12.2 Å². The summed E-state index contributed by atoms with van der Waals surface area (Å²) in [6.45, 7) is 2.32. The van der Waals surface area contributed by atoms with Crippen LogP contribution in [-0.2, 0) is 0 Å². The molecule has 5 heteroatoms. The Morgan fingerprint density at radius 1 is 1.44 bits per heavy atom. The van der Waals surface area contributed by atoms with Crippen LogP contribution in [-0.4, -0.2) is 31.7 Å². The number of fused-ring (bicyclic) bond motifs is 3. The monoisotopic (exact) mass is 221 g/mol. The Bertz CT molecular complexity index is 449. The first-order valence-electron chi connectivity index (χ1n) is 5.34. The Balaban J connectivity index is 2.11. The number of piperazine rings is 1. The number of benzene rings is 1. The largest absolute Gasteiger partial charge is 0.348 e. The highest BCUT2D eigenvalue weighted by atomic mass is 19.1. The fraction of sp³-hybridized carbons (Fsp3) is 0.364. The van der Waals surface area contributed by atoms with E-state index in [4.69, 9.17) is 0 Å². The minimum absolute atomic E-state index is 0.0597. The van der Waals surface area contributed by atoms with Crippen molar-refractivity contribution in [3.05, 3.63) is 29.6 Å². The number of nitrogens with zero attached hydrogens (tertiary/aromatic N) is 1. The summed E-state index contributed by atoms with van der Waals surface area (Å²) in [7, 11) is 0. The number of carbonyl (C=O) groups excluding carboxylic acids is 1. The van der Waals surface area contributed by atoms with Gasteiger partial charge in [0.1, 0.15) is 12.0 Å². The lowest BCUT2D eigenvalue weighted by Gasteiger charge is -2.42. The van der Waals surface area contributed by atoms with Crippen molar-refractivity contribution in [1.82, 2.24) is 10.6 Å². The molecule has 1 fully saturated rings. The number of hydrogen-bond donors (Lipinski definition) is 2. The van der Waals surface area contributed by atoms with Crippen molar-refractivity contribution in [3.8, 4) is 0 Å². The summed E-state index contributed by atoms with van der Waals surface area (Å²) in [6, 6.07) is 4.77. The molecule has 3 rings (SSSR count). The quantitative estimate of drug-likeness (QED) is 0.662. The van der Waals surface area contributed by atoms with Gasteiger partial charge in [-0.25, -0.2) is 4.39 Å². The highest BCUT2D eigenvalue weighted by molar-refractivity contribution is 6.02. The first-order chi connectivity index (χ1) is 7.77. The number of rotatable bonds is 0. The SMILES string of the molecule is O=C1NC2CNCCN2c2cccc(F)c21. The third-order valence-electron chi connectivity index (χ3n) is 3.07. The maximum Gasteiger partial charge on any atom is 0.258 e. The predicted molar refractivity (Wildman–Crippen MR) is 57.9 cm³/mol. The molecule has 2 aliphatic heterocycles. The number of amides is 1. The van der Waals surface area contributed by atoms with Gasteiger partial charge in [0.05, 0.1) is 11.3 Å². The molecule has 2 heterocycles. The van der Waals surface area contributed by atoms with E-state index in [1.807, 2.05) is 4.90 Å². The topological polar surface area (TPSA) is 44.4 Å². The summed E-state index contributed by atoms with van der Waals surface area (Å²) in [5.74, 6) is -0.773. The maximum atomic E-state index is 13.6. The van der Waals surface area contributed by atoms with Gasteiger partial charge in [0, 0.05) is 19.6 Å². The van der Waals surface area contributed by atoms with Gasteiger partial charge in [0.2, 0.25) is 0 Å². The van der Waals surface area contributed by atoms with Crippen LogP contribution in [0.1, 0.15) is 10.4 Å². The van der Waals surface area contributed by atoms with Gasteiger partial charge in [0.15, 0.2) is 0 Å². The molecule has 1 aromatic rings. The lowest BCUT2D eigenvalue weighted by atomic mass is 10.1. The van der Waals surface area contributed by atoms with E-state index < -0.39 is 5.82 Å². The number of anilines is 1. The van der Waals surface area contributed by atoms with Crippen LogP contribution in [0.15, 0.2) is 18.2 Å². The fourth-order valence-electron chi connectivity index (χ4n) is 2.32. The van der Waals surface area contributed by atoms with Gasteiger partial charge in [-0.1, -0.05) is 6.07 Å². The molecule has 2 N–H and O–H groups in total.